The molecule has 0 aliphatic heterocycles. The van der Waals surface area contributed by atoms with Crippen molar-refractivity contribution >= 4 is 37.8 Å². The highest BCUT2D eigenvalue weighted by Crippen LogP contribution is 2.23. The van der Waals surface area contributed by atoms with Crippen LogP contribution < -0.4 is 4.72 Å². The predicted octanol–water partition coefficient (Wildman–Crippen LogP) is 1.74. The Labute approximate surface area is 119 Å². The van der Waals surface area contributed by atoms with Crippen molar-refractivity contribution in [2.24, 2.45) is 0 Å². The molecule has 8 heteroatoms. The zero-order chi connectivity index (χ0) is 13.7. The van der Waals surface area contributed by atoms with Gasteiger partial charge < -0.3 is 5.11 Å². The number of nitrogens with one attached hydrogen (secondary N) is 1. The molecule has 2 rings (SSSR count). The van der Waals surface area contributed by atoms with Crippen LogP contribution in [0.25, 0.3) is 0 Å². The highest BCUT2D eigenvalue weighted by molar-refractivity contribution is 7.94. The van der Waals surface area contributed by atoms with Crippen molar-refractivity contribution < 1.29 is 13.5 Å². The van der Waals surface area contributed by atoms with Crippen LogP contribution in [0.1, 0.15) is 11.3 Å². The van der Waals surface area contributed by atoms with E-state index in [1.54, 1.807) is 11.4 Å². The van der Waals surface area contributed by atoms with Crippen molar-refractivity contribution in [3.05, 3.63) is 28.6 Å². The second kappa shape index (κ2) is 6.16. The lowest BCUT2D eigenvalue weighted by atomic mass is 10.4. The van der Waals surface area contributed by atoms with Gasteiger partial charge in [0.1, 0.15) is 4.21 Å². The third-order valence-corrected chi connectivity index (χ3v) is 5.63. The average molecular weight is 314 g/mol. The summed E-state index contributed by atoms with van der Waals surface area (Å²) in [5.74, 6) is 5.55. The number of rotatable bonds is 4. The number of aliphatic hydroxyl groups excluding tert-OH is 1. The molecule has 19 heavy (non-hydrogen) atoms. The molecular weight excluding hydrogens is 304 g/mol. The number of aromatic nitrogens is 1. The predicted molar refractivity (Wildman–Crippen MR) is 75.8 cm³/mol. The number of nitrogens with zero attached hydrogens (tertiary/aromatic N) is 1. The van der Waals surface area contributed by atoms with Crippen molar-refractivity contribution in [1.82, 2.24) is 4.98 Å². The molecule has 0 fully saturated rings. The summed E-state index contributed by atoms with van der Waals surface area (Å²) in [6.07, 6.45) is 1.88. The summed E-state index contributed by atoms with van der Waals surface area (Å²) >= 11 is 2.30. The van der Waals surface area contributed by atoms with E-state index in [9.17, 15) is 8.42 Å². The van der Waals surface area contributed by atoms with Crippen LogP contribution in [0.4, 0.5) is 5.13 Å². The summed E-state index contributed by atoms with van der Waals surface area (Å²) in [4.78, 5) is 4.61. The Hall–Kier alpha value is -1.40. The number of hydrogen-bond donors (Lipinski definition) is 2. The van der Waals surface area contributed by atoms with Gasteiger partial charge in [-0.25, -0.2) is 13.4 Å². The van der Waals surface area contributed by atoms with Crippen molar-refractivity contribution in [3.63, 3.8) is 0 Å². The molecule has 0 amide bonds. The summed E-state index contributed by atoms with van der Waals surface area (Å²) < 4.78 is 26.5. The average Bonchev–Trinajstić information content (AvgIpc) is 3.00. The topological polar surface area (TPSA) is 79.3 Å². The molecule has 2 aromatic heterocycles. The minimum absolute atomic E-state index is 0.00364. The maximum absolute atomic E-state index is 11.9. The normalized spacial score (nSPS) is 10.8. The van der Waals surface area contributed by atoms with Gasteiger partial charge in [-0.05, 0) is 11.4 Å². The van der Waals surface area contributed by atoms with E-state index < -0.39 is 10.0 Å². The van der Waals surface area contributed by atoms with Crippen LogP contribution in [0.15, 0.2) is 27.9 Å². The van der Waals surface area contributed by atoms with Gasteiger partial charge in [-0.3, -0.25) is 4.72 Å². The van der Waals surface area contributed by atoms with Crippen molar-refractivity contribution in [3.8, 4) is 11.8 Å². The minimum Gasteiger partial charge on any atom is -0.395 e. The smallest absolute Gasteiger partial charge is 0.273 e. The highest BCUT2D eigenvalue weighted by Gasteiger charge is 2.16. The van der Waals surface area contributed by atoms with E-state index in [1.165, 1.54) is 12.3 Å². The standard InChI is InChI=1S/C11H10N2O3S3/c14-6-2-1-4-9-8-12-11(18-9)13-19(15,16)10-5-3-7-17-10/h3,5,7-8,14H,2,6H2,(H,12,13). The number of thiazole rings is 1. The first-order valence-corrected chi connectivity index (χ1v) is 8.41. The third-order valence-electron chi connectivity index (χ3n) is 1.94. The molecule has 0 aliphatic carbocycles. The second-order valence-corrected chi connectivity index (χ2v) is 7.23. The Balaban J connectivity index is 2.11. The first-order valence-electron chi connectivity index (χ1n) is 5.24. The van der Waals surface area contributed by atoms with Gasteiger partial charge in [0, 0.05) is 6.42 Å². The van der Waals surface area contributed by atoms with Crippen LogP contribution in [-0.4, -0.2) is 25.1 Å². The number of sulfonamides is 1. The van der Waals surface area contributed by atoms with Crippen LogP contribution in [0, 0.1) is 11.8 Å². The van der Waals surface area contributed by atoms with Crippen LogP contribution in [-0.2, 0) is 10.0 Å². The maximum atomic E-state index is 11.9. The summed E-state index contributed by atoms with van der Waals surface area (Å²) in [5, 5.41) is 10.6. The van der Waals surface area contributed by atoms with Crippen LogP contribution in [0.3, 0.4) is 0 Å². The molecule has 0 radical (unpaired) electrons. The monoisotopic (exact) mass is 314 g/mol. The SMILES string of the molecule is O=S(=O)(Nc1ncc(C#CCCO)s1)c1cccs1. The van der Waals surface area contributed by atoms with E-state index in [2.05, 4.69) is 21.5 Å². The molecule has 0 unspecified atom stereocenters. The molecule has 0 spiro atoms. The molecule has 0 aliphatic rings. The van der Waals surface area contributed by atoms with E-state index in [0.29, 0.717) is 11.3 Å². The van der Waals surface area contributed by atoms with Gasteiger partial charge in [-0.1, -0.05) is 29.2 Å². The van der Waals surface area contributed by atoms with Crippen molar-refractivity contribution in [2.45, 2.75) is 10.6 Å². The van der Waals surface area contributed by atoms with Crippen molar-refractivity contribution in [2.75, 3.05) is 11.3 Å². The Bertz CT molecular complexity index is 693. The van der Waals surface area contributed by atoms with Gasteiger partial charge in [0.15, 0.2) is 5.13 Å². The first-order chi connectivity index (χ1) is 9.12. The Morgan fingerprint density at radius 1 is 1.47 bits per heavy atom. The quantitative estimate of drug-likeness (QED) is 0.843. The minimum atomic E-state index is -3.55. The second-order valence-electron chi connectivity index (χ2n) is 3.34. The fourth-order valence-corrected chi connectivity index (χ4v) is 4.09. The lowest BCUT2D eigenvalue weighted by Crippen LogP contribution is -2.10. The number of thiophene rings is 1. The fourth-order valence-electron chi connectivity index (χ4n) is 1.17. The molecule has 2 heterocycles. The van der Waals surface area contributed by atoms with E-state index >= 15 is 0 Å². The molecular formula is C11H10N2O3S3. The summed E-state index contributed by atoms with van der Waals surface area (Å²) in [6, 6.07) is 3.20. The lowest BCUT2D eigenvalue weighted by Gasteiger charge is -2.00. The van der Waals surface area contributed by atoms with E-state index in [-0.39, 0.29) is 15.9 Å². The lowest BCUT2D eigenvalue weighted by molar-refractivity contribution is 0.305. The number of aliphatic hydroxyl groups is 1. The highest BCUT2D eigenvalue weighted by atomic mass is 32.2. The van der Waals surface area contributed by atoms with Crippen molar-refractivity contribution in [1.29, 1.82) is 0 Å². The molecule has 100 valence electrons. The fraction of sp³-hybridized carbons (Fsp3) is 0.182. The first kappa shape index (κ1) is 14.0. The molecule has 0 aromatic carbocycles. The van der Waals surface area contributed by atoms with Crippen LogP contribution in [0.5, 0.6) is 0 Å². The zero-order valence-corrected chi connectivity index (χ0v) is 12.1. The molecule has 0 atom stereocenters. The molecule has 2 aromatic rings. The Morgan fingerprint density at radius 2 is 2.32 bits per heavy atom. The molecule has 2 N–H and O–H groups in total. The van der Waals surface area contributed by atoms with E-state index in [0.717, 1.165) is 22.7 Å². The van der Waals surface area contributed by atoms with Gasteiger partial charge in [-0.15, -0.1) is 11.3 Å². The molecule has 0 saturated heterocycles. The van der Waals surface area contributed by atoms with E-state index in [4.69, 9.17) is 5.11 Å². The van der Waals surface area contributed by atoms with E-state index in [1.807, 2.05) is 0 Å². The summed E-state index contributed by atoms with van der Waals surface area (Å²) in [7, 11) is -3.55. The molecule has 0 bridgehead atoms. The maximum Gasteiger partial charge on any atom is 0.273 e. The summed E-state index contributed by atoms with van der Waals surface area (Å²) in [5.41, 5.74) is 0. The third kappa shape index (κ3) is 3.78. The van der Waals surface area contributed by atoms with Gasteiger partial charge in [0.05, 0.1) is 17.7 Å². The Morgan fingerprint density at radius 3 is 3.00 bits per heavy atom. The van der Waals surface area contributed by atoms with Crippen LogP contribution >= 0.6 is 22.7 Å². The van der Waals surface area contributed by atoms with Gasteiger partial charge in [0.2, 0.25) is 0 Å². The number of anilines is 1. The molecule has 0 saturated carbocycles. The van der Waals surface area contributed by atoms with Crippen LogP contribution in [0.2, 0.25) is 0 Å². The van der Waals surface area contributed by atoms with Gasteiger partial charge >= 0.3 is 0 Å². The van der Waals surface area contributed by atoms with Gasteiger partial charge in [0.25, 0.3) is 10.0 Å². The zero-order valence-electron chi connectivity index (χ0n) is 9.66. The van der Waals surface area contributed by atoms with Gasteiger partial charge in [-0.2, -0.15) is 0 Å². The number of hydrogen-bond acceptors (Lipinski definition) is 6. The Kier molecular flexibility index (Phi) is 4.55. The largest absolute Gasteiger partial charge is 0.395 e. The molecule has 5 nitrogen and oxygen atoms in total. The summed E-state index contributed by atoms with van der Waals surface area (Å²) in [6.45, 7) is 0.00364.